The number of carbonyl (C=O) groups excluding carboxylic acids is 1. The number of piperidine rings is 2. The number of amides is 1. The second-order valence-corrected chi connectivity index (χ2v) is 12.1. The number of aromatic nitrogens is 1. The van der Waals surface area contributed by atoms with Crippen molar-refractivity contribution in [1.29, 1.82) is 0 Å². The first-order valence-electron chi connectivity index (χ1n) is 15.3. The van der Waals surface area contributed by atoms with Crippen LogP contribution in [0.3, 0.4) is 0 Å². The Morgan fingerprint density at radius 2 is 1.85 bits per heavy atom. The number of likely N-dealkylation sites (tertiary alicyclic amines) is 1. The summed E-state index contributed by atoms with van der Waals surface area (Å²) >= 11 is 0. The van der Waals surface area contributed by atoms with E-state index in [4.69, 9.17) is 14.5 Å². The maximum Gasteiger partial charge on any atom is 0.254 e. The molecule has 0 saturated carbocycles. The van der Waals surface area contributed by atoms with E-state index in [1.165, 1.54) is 10.9 Å². The Morgan fingerprint density at radius 1 is 0.976 bits per heavy atom. The highest BCUT2D eigenvalue weighted by Crippen LogP contribution is 2.31. The van der Waals surface area contributed by atoms with Crippen LogP contribution in [0.5, 0.6) is 5.75 Å². The van der Waals surface area contributed by atoms with Gasteiger partial charge in [-0.1, -0.05) is 6.07 Å². The van der Waals surface area contributed by atoms with Crippen molar-refractivity contribution in [3.63, 3.8) is 0 Å². The van der Waals surface area contributed by atoms with Crippen LogP contribution in [0.2, 0.25) is 0 Å². The average Bonchev–Trinajstić information content (AvgIpc) is 3.60. The normalized spacial score (nSPS) is 23.9. The maximum absolute atomic E-state index is 13.0. The van der Waals surface area contributed by atoms with Crippen molar-refractivity contribution in [3.8, 4) is 5.75 Å². The number of nitrogens with zero attached hydrogens (tertiary/aromatic N) is 4. The van der Waals surface area contributed by atoms with Gasteiger partial charge in [0.2, 0.25) is 0 Å². The number of pyridine rings is 1. The summed E-state index contributed by atoms with van der Waals surface area (Å²) in [5, 5.41) is 4.63. The highest BCUT2D eigenvalue weighted by molar-refractivity contribution is 5.98. The second-order valence-electron chi connectivity index (χ2n) is 12.1. The monoisotopic (exact) mass is 555 g/mol. The van der Waals surface area contributed by atoms with Gasteiger partial charge >= 0.3 is 0 Å². The third-order valence-corrected chi connectivity index (χ3v) is 9.40. The van der Waals surface area contributed by atoms with Crippen molar-refractivity contribution >= 4 is 22.6 Å². The van der Waals surface area contributed by atoms with Crippen LogP contribution in [-0.2, 0) is 17.8 Å². The van der Waals surface area contributed by atoms with Gasteiger partial charge in [-0.15, -0.1) is 0 Å². The first kappa shape index (κ1) is 26.7. The van der Waals surface area contributed by atoms with Crippen LogP contribution in [0.4, 0.5) is 5.82 Å². The molecule has 2 atom stereocenters. The van der Waals surface area contributed by atoms with Gasteiger partial charge in [0.05, 0.1) is 11.6 Å². The topological polar surface area (TPSA) is 70.2 Å². The zero-order chi connectivity index (χ0) is 27.8. The van der Waals surface area contributed by atoms with Crippen LogP contribution >= 0.6 is 0 Å². The Morgan fingerprint density at radius 3 is 2.68 bits per heavy atom. The van der Waals surface area contributed by atoms with E-state index in [9.17, 15) is 4.79 Å². The molecule has 41 heavy (non-hydrogen) atoms. The van der Waals surface area contributed by atoms with E-state index in [0.717, 1.165) is 106 Å². The van der Waals surface area contributed by atoms with Crippen molar-refractivity contribution in [3.05, 3.63) is 65.2 Å². The predicted octanol–water partition coefficient (Wildman–Crippen LogP) is 4.21. The van der Waals surface area contributed by atoms with Crippen LogP contribution in [0.25, 0.3) is 10.9 Å². The Hall–Kier alpha value is -3.20. The summed E-state index contributed by atoms with van der Waals surface area (Å²) in [6.07, 6.45) is 5.86. The molecule has 0 radical (unpaired) electrons. The largest absolute Gasteiger partial charge is 0.489 e. The molecule has 0 aliphatic carbocycles. The SMILES string of the molecule is COC1CCN(c2ccc3cc(CN4CC[C@H](Oc5ccc6c(c5)CN(C5CCCNC5)C6=O)C4)ccc3n2)CC1. The lowest BCUT2D eigenvalue weighted by atomic mass is 10.1. The smallest absolute Gasteiger partial charge is 0.254 e. The molecule has 4 aliphatic rings. The number of anilines is 1. The third-order valence-electron chi connectivity index (χ3n) is 9.40. The Bertz CT molecular complexity index is 1400. The molecule has 7 rings (SSSR count). The summed E-state index contributed by atoms with van der Waals surface area (Å²) in [6.45, 7) is 7.46. The Labute approximate surface area is 242 Å². The highest BCUT2D eigenvalue weighted by Gasteiger charge is 2.34. The molecule has 3 fully saturated rings. The molecule has 216 valence electrons. The second kappa shape index (κ2) is 11.6. The lowest BCUT2D eigenvalue weighted by Crippen LogP contribution is -2.46. The summed E-state index contributed by atoms with van der Waals surface area (Å²) in [6, 6.07) is 17.4. The molecule has 3 saturated heterocycles. The Balaban J connectivity index is 0.943. The summed E-state index contributed by atoms with van der Waals surface area (Å²) in [5.41, 5.74) is 4.29. The minimum Gasteiger partial charge on any atom is -0.489 e. The molecule has 1 amide bonds. The van der Waals surface area contributed by atoms with Gasteiger partial charge in [0, 0.05) is 69.9 Å². The van der Waals surface area contributed by atoms with Crippen molar-refractivity contribution in [2.75, 3.05) is 51.3 Å². The van der Waals surface area contributed by atoms with Gasteiger partial charge in [0.1, 0.15) is 17.7 Å². The van der Waals surface area contributed by atoms with Gasteiger partial charge in [-0.2, -0.15) is 0 Å². The Kier molecular flexibility index (Phi) is 7.54. The molecule has 2 aromatic carbocycles. The van der Waals surface area contributed by atoms with Crippen molar-refractivity contribution in [2.45, 2.75) is 63.4 Å². The van der Waals surface area contributed by atoms with Crippen molar-refractivity contribution in [2.24, 2.45) is 0 Å². The van der Waals surface area contributed by atoms with Gasteiger partial charge in [-0.25, -0.2) is 4.98 Å². The summed E-state index contributed by atoms with van der Waals surface area (Å²) < 4.78 is 12.0. The molecular formula is C33H41N5O3. The zero-order valence-electron chi connectivity index (χ0n) is 24.1. The number of nitrogens with one attached hydrogen (secondary N) is 1. The fourth-order valence-corrected chi connectivity index (χ4v) is 7.03. The fraction of sp³-hybridized carbons (Fsp3) is 0.515. The van der Waals surface area contributed by atoms with Gasteiger partial charge in [-0.3, -0.25) is 9.69 Å². The summed E-state index contributed by atoms with van der Waals surface area (Å²) in [5.74, 6) is 2.11. The molecule has 3 aromatic rings. The molecule has 1 aromatic heterocycles. The number of fused-ring (bicyclic) bond motifs is 2. The molecule has 5 heterocycles. The lowest BCUT2D eigenvalue weighted by molar-refractivity contribution is 0.0674. The van der Waals surface area contributed by atoms with Gasteiger partial charge in [0.15, 0.2) is 0 Å². The van der Waals surface area contributed by atoms with Crippen LogP contribution in [0.15, 0.2) is 48.5 Å². The molecular weight excluding hydrogens is 514 g/mol. The number of hydrogen-bond donors (Lipinski definition) is 1. The number of carbonyl (C=O) groups is 1. The minimum absolute atomic E-state index is 0.163. The average molecular weight is 556 g/mol. The molecule has 0 bridgehead atoms. The summed E-state index contributed by atoms with van der Waals surface area (Å²) in [7, 11) is 1.81. The summed E-state index contributed by atoms with van der Waals surface area (Å²) in [4.78, 5) is 24.9. The van der Waals surface area contributed by atoms with Crippen LogP contribution in [0, 0.1) is 0 Å². The highest BCUT2D eigenvalue weighted by atomic mass is 16.5. The van der Waals surface area contributed by atoms with Crippen molar-refractivity contribution in [1.82, 2.24) is 20.1 Å². The van der Waals surface area contributed by atoms with E-state index in [1.807, 2.05) is 24.1 Å². The van der Waals surface area contributed by atoms with E-state index in [0.29, 0.717) is 18.7 Å². The maximum atomic E-state index is 13.0. The molecule has 1 N–H and O–H groups in total. The van der Waals surface area contributed by atoms with E-state index < -0.39 is 0 Å². The van der Waals surface area contributed by atoms with E-state index >= 15 is 0 Å². The quantitative estimate of drug-likeness (QED) is 0.468. The molecule has 1 unspecified atom stereocenters. The van der Waals surface area contributed by atoms with Crippen LogP contribution < -0.4 is 15.0 Å². The molecule has 4 aliphatic heterocycles. The van der Waals surface area contributed by atoms with E-state index in [-0.39, 0.29) is 12.0 Å². The number of benzene rings is 2. The lowest BCUT2D eigenvalue weighted by Gasteiger charge is -2.32. The zero-order valence-corrected chi connectivity index (χ0v) is 24.1. The van der Waals surface area contributed by atoms with Crippen LogP contribution in [0.1, 0.15) is 53.6 Å². The van der Waals surface area contributed by atoms with Crippen molar-refractivity contribution < 1.29 is 14.3 Å². The number of methoxy groups -OCH3 is 1. The van der Waals surface area contributed by atoms with Crippen LogP contribution in [-0.4, -0.2) is 85.3 Å². The molecule has 8 heteroatoms. The van der Waals surface area contributed by atoms with Gasteiger partial charge in [0.25, 0.3) is 5.91 Å². The van der Waals surface area contributed by atoms with Gasteiger partial charge in [-0.05, 0) is 92.2 Å². The van der Waals surface area contributed by atoms with E-state index in [1.54, 1.807) is 0 Å². The predicted molar refractivity (Wildman–Crippen MR) is 161 cm³/mol. The fourth-order valence-electron chi connectivity index (χ4n) is 7.03. The van der Waals surface area contributed by atoms with Gasteiger partial charge < -0.3 is 24.6 Å². The first-order chi connectivity index (χ1) is 20.1. The molecule has 8 nitrogen and oxygen atoms in total. The first-order valence-corrected chi connectivity index (χ1v) is 15.3. The number of hydrogen-bond acceptors (Lipinski definition) is 7. The standard InChI is InChI=1S/C33H41N5O3/c1-40-27-11-15-37(16-12-27)32-9-5-24-17-23(4-8-31(24)35-32)20-36-14-10-29(22-36)41-28-6-7-30-25(18-28)21-38(33(30)39)26-3-2-13-34-19-26/h4-9,17-18,26-27,29,34H,2-3,10-16,19-22H2,1H3/t26?,29-/m0/s1. The minimum atomic E-state index is 0.163. The molecule has 0 spiro atoms. The van der Waals surface area contributed by atoms with E-state index in [2.05, 4.69) is 51.5 Å². The third kappa shape index (κ3) is 5.65. The number of ether oxygens (including phenoxy) is 2. The number of rotatable bonds is 7.